The Morgan fingerprint density at radius 2 is 1.84 bits per heavy atom. The summed E-state index contributed by atoms with van der Waals surface area (Å²) >= 11 is 0. The number of carbonyl (C=O) groups excluding carboxylic acids is 1. The van der Waals surface area contributed by atoms with Gasteiger partial charge in [-0.3, -0.25) is 0 Å². The Hall–Kier alpha value is -2.23. The summed E-state index contributed by atoms with van der Waals surface area (Å²) in [6.45, 7) is 1.76. The van der Waals surface area contributed by atoms with E-state index in [4.69, 9.17) is 0 Å². The lowest BCUT2D eigenvalue weighted by molar-refractivity contribution is 0.0600. The summed E-state index contributed by atoms with van der Waals surface area (Å²) in [5.41, 5.74) is 1.84. The molecule has 0 aliphatic carbocycles. The van der Waals surface area contributed by atoms with E-state index in [-0.39, 0.29) is 5.56 Å². The molecule has 0 fully saturated rings. The van der Waals surface area contributed by atoms with Gasteiger partial charge in [-0.25, -0.2) is 13.6 Å². The molecule has 0 atom stereocenters. The van der Waals surface area contributed by atoms with Gasteiger partial charge in [0.2, 0.25) is 0 Å². The summed E-state index contributed by atoms with van der Waals surface area (Å²) in [6.07, 6.45) is 0. The second-order valence-corrected chi connectivity index (χ2v) is 4.15. The number of hydrogen-bond acceptors (Lipinski definition) is 2. The molecule has 0 amide bonds. The minimum Gasteiger partial charge on any atom is -0.465 e. The molecule has 0 aliphatic heterocycles. The molecule has 19 heavy (non-hydrogen) atoms. The Kier molecular flexibility index (Phi) is 3.60. The number of carbonyl (C=O) groups is 1. The number of rotatable bonds is 2. The summed E-state index contributed by atoms with van der Waals surface area (Å²) in [5.74, 6) is -1.79. The van der Waals surface area contributed by atoms with Crippen LogP contribution in [0.15, 0.2) is 36.4 Å². The fourth-order valence-corrected chi connectivity index (χ4v) is 1.84. The standard InChI is InChI=1S/C15H12F2O2/c1-9-3-4-10(7-13(9)15(18)19-2)12-6-5-11(16)8-14(12)17/h3-8H,1-2H3. The van der Waals surface area contributed by atoms with Gasteiger partial charge in [0.1, 0.15) is 11.6 Å². The van der Waals surface area contributed by atoms with Crippen molar-refractivity contribution >= 4 is 5.97 Å². The molecule has 0 bridgehead atoms. The summed E-state index contributed by atoms with van der Waals surface area (Å²) in [4.78, 5) is 11.6. The molecule has 2 aromatic rings. The largest absolute Gasteiger partial charge is 0.465 e. The maximum atomic E-state index is 13.7. The highest BCUT2D eigenvalue weighted by molar-refractivity contribution is 5.92. The van der Waals surface area contributed by atoms with E-state index in [1.165, 1.54) is 25.3 Å². The lowest BCUT2D eigenvalue weighted by Crippen LogP contribution is -2.04. The fourth-order valence-electron chi connectivity index (χ4n) is 1.84. The van der Waals surface area contributed by atoms with Crippen LogP contribution in [0.1, 0.15) is 15.9 Å². The van der Waals surface area contributed by atoms with Crippen LogP contribution in [0.3, 0.4) is 0 Å². The van der Waals surface area contributed by atoms with E-state index >= 15 is 0 Å². The first-order chi connectivity index (χ1) is 9.02. The molecule has 2 nitrogen and oxygen atoms in total. The molecule has 0 unspecified atom stereocenters. The highest BCUT2D eigenvalue weighted by atomic mass is 19.1. The average Bonchev–Trinajstić information content (AvgIpc) is 2.39. The van der Waals surface area contributed by atoms with Crippen LogP contribution in [0.25, 0.3) is 11.1 Å². The summed E-state index contributed by atoms with van der Waals surface area (Å²) < 4.78 is 31.2. The normalized spacial score (nSPS) is 10.3. The Morgan fingerprint density at radius 3 is 2.47 bits per heavy atom. The highest BCUT2D eigenvalue weighted by Gasteiger charge is 2.13. The third-order valence-electron chi connectivity index (χ3n) is 2.89. The molecular formula is C15H12F2O2. The van der Waals surface area contributed by atoms with Crippen molar-refractivity contribution in [3.8, 4) is 11.1 Å². The van der Waals surface area contributed by atoms with Crippen molar-refractivity contribution in [1.82, 2.24) is 0 Å². The van der Waals surface area contributed by atoms with Crippen LogP contribution in [-0.2, 0) is 4.74 Å². The third kappa shape index (κ3) is 2.62. The van der Waals surface area contributed by atoms with Gasteiger partial charge in [-0.15, -0.1) is 0 Å². The first kappa shape index (κ1) is 13.2. The quantitative estimate of drug-likeness (QED) is 0.771. The van der Waals surface area contributed by atoms with Crippen LogP contribution in [0.4, 0.5) is 8.78 Å². The smallest absolute Gasteiger partial charge is 0.338 e. The van der Waals surface area contributed by atoms with Gasteiger partial charge in [0, 0.05) is 11.6 Å². The number of methoxy groups -OCH3 is 1. The number of aryl methyl sites for hydroxylation is 1. The summed E-state index contributed by atoms with van der Waals surface area (Å²) in [5, 5.41) is 0. The number of benzene rings is 2. The second-order valence-electron chi connectivity index (χ2n) is 4.15. The molecule has 0 saturated carbocycles. The van der Waals surface area contributed by atoms with Crippen LogP contribution in [-0.4, -0.2) is 13.1 Å². The Labute approximate surface area is 109 Å². The van der Waals surface area contributed by atoms with Crippen LogP contribution >= 0.6 is 0 Å². The van der Waals surface area contributed by atoms with Crippen molar-refractivity contribution in [3.05, 3.63) is 59.2 Å². The maximum Gasteiger partial charge on any atom is 0.338 e. The minimum absolute atomic E-state index is 0.242. The summed E-state index contributed by atoms with van der Waals surface area (Å²) in [6, 6.07) is 8.25. The third-order valence-corrected chi connectivity index (χ3v) is 2.89. The molecule has 0 spiro atoms. The van der Waals surface area contributed by atoms with Crippen molar-refractivity contribution in [3.63, 3.8) is 0 Å². The molecular weight excluding hydrogens is 250 g/mol. The molecule has 0 saturated heterocycles. The lowest BCUT2D eigenvalue weighted by Gasteiger charge is -2.08. The molecule has 0 aliphatic rings. The zero-order valence-corrected chi connectivity index (χ0v) is 10.5. The van der Waals surface area contributed by atoms with Crippen molar-refractivity contribution in [2.45, 2.75) is 6.92 Å². The molecule has 98 valence electrons. The van der Waals surface area contributed by atoms with Gasteiger partial charge < -0.3 is 4.74 Å². The zero-order chi connectivity index (χ0) is 14.0. The number of esters is 1. The second kappa shape index (κ2) is 5.18. The average molecular weight is 262 g/mol. The van der Waals surface area contributed by atoms with Crippen molar-refractivity contribution < 1.29 is 18.3 Å². The van der Waals surface area contributed by atoms with Gasteiger partial charge in [-0.1, -0.05) is 12.1 Å². The Balaban J connectivity index is 2.54. The van der Waals surface area contributed by atoms with Gasteiger partial charge in [0.15, 0.2) is 0 Å². The van der Waals surface area contributed by atoms with Gasteiger partial charge in [-0.05, 0) is 36.2 Å². The van der Waals surface area contributed by atoms with E-state index in [0.29, 0.717) is 11.1 Å². The molecule has 0 aromatic heterocycles. The number of hydrogen-bond donors (Lipinski definition) is 0. The van der Waals surface area contributed by atoms with E-state index in [9.17, 15) is 13.6 Å². The van der Waals surface area contributed by atoms with Crippen LogP contribution in [0.2, 0.25) is 0 Å². The molecule has 2 aromatic carbocycles. The van der Waals surface area contributed by atoms with Gasteiger partial charge >= 0.3 is 5.97 Å². The number of ether oxygens (including phenoxy) is 1. The van der Waals surface area contributed by atoms with E-state index in [2.05, 4.69) is 4.74 Å². The molecule has 4 heteroatoms. The highest BCUT2D eigenvalue weighted by Crippen LogP contribution is 2.26. The zero-order valence-electron chi connectivity index (χ0n) is 10.5. The van der Waals surface area contributed by atoms with E-state index in [1.54, 1.807) is 19.1 Å². The fraction of sp³-hybridized carbons (Fsp3) is 0.133. The first-order valence-electron chi connectivity index (χ1n) is 5.67. The molecule has 0 heterocycles. The lowest BCUT2D eigenvalue weighted by atomic mass is 9.99. The van der Waals surface area contributed by atoms with E-state index in [0.717, 1.165) is 11.6 Å². The summed E-state index contributed by atoms with van der Waals surface area (Å²) in [7, 11) is 1.28. The predicted molar refractivity (Wildman–Crippen MR) is 67.9 cm³/mol. The van der Waals surface area contributed by atoms with Crippen LogP contribution in [0, 0.1) is 18.6 Å². The Morgan fingerprint density at radius 1 is 1.11 bits per heavy atom. The molecule has 2 rings (SSSR count). The van der Waals surface area contributed by atoms with E-state index < -0.39 is 17.6 Å². The number of halogens is 2. The predicted octanol–water partition coefficient (Wildman–Crippen LogP) is 3.73. The van der Waals surface area contributed by atoms with Crippen molar-refractivity contribution in [2.75, 3.05) is 7.11 Å². The minimum atomic E-state index is -0.667. The van der Waals surface area contributed by atoms with Crippen molar-refractivity contribution in [2.24, 2.45) is 0 Å². The van der Waals surface area contributed by atoms with Crippen LogP contribution in [0.5, 0.6) is 0 Å². The SMILES string of the molecule is COC(=O)c1cc(-c2ccc(F)cc2F)ccc1C. The van der Waals surface area contributed by atoms with Gasteiger partial charge in [-0.2, -0.15) is 0 Å². The van der Waals surface area contributed by atoms with Crippen molar-refractivity contribution in [1.29, 1.82) is 0 Å². The molecule has 0 radical (unpaired) electrons. The van der Waals surface area contributed by atoms with E-state index in [1.807, 2.05) is 0 Å². The van der Waals surface area contributed by atoms with Gasteiger partial charge in [0.05, 0.1) is 12.7 Å². The maximum absolute atomic E-state index is 13.7. The van der Waals surface area contributed by atoms with Crippen LogP contribution < -0.4 is 0 Å². The van der Waals surface area contributed by atoms with Gasteiger partial charge in [0.25, 0.3) is 0 Å². The first-order valence-corrected chi connectivity index (χ1v) is 5.67. The topological polar surface area (TPSA) is 26.3 Å². The Bertz CT molecular complexity index is 636. The molecule has 0 N–H and O–H groups in total. The monoisotopic (exact) mass is 262 g/mol.